The molecule has 0 bridgehead atoms. The highest BCUT2D eigenvalue weighted by molar-refractivity contribution is 5.49. The molecule has 21 heavy (non-hydrogen) atoms. The summed E-state index contributed by atoms with van der Waals surface area (Å²) in [6.45, 7) is 6.45. The van der Waals surface area contributed by atoms with Gasteiger partial charge in [0, 0.05) is 12.2 Å². The van der Waals surface area contributed by atoms with E-state index in [0.717, 1.165) is 23.7 Å². The van der Waals surface area contributed by atoms with Gasteiger partial charge in [0.15, 0.2) is 11.5 Å². The Morgan fingerprint density at radius 2 is 1.81 bits per heavy atom. The first kappa shape index (κ1) is 13.8. The van der Waals surface area contributed by atoms with Crippen LogP contribution in [0.3, 0.4) is 0 Å². The maximum atomic E-state index is 5.61. The number of hydrogen-bond donors (Lipinski definition) is 1. The van der Waals surface area contributed by atoms with E-state index in [1.165, 1.54) is 11.1 Å². The van der Waals surface area contributed by atoms with Crippen LogP contribution in [0.4, 0.5) is 5.69 Å². The molecule has 0 spiro atoms. The third-order valence-electron chi connectivity index (χ3n) is 3.66. The normalized spacial score (nSPS) is 13.3. The molecular weight excluding hydrogens is 262 g/mol. The Morgan fingerprint density at radius 3 is 2.62 bits per heavy atom. The van der Waals surface area contributed by atoms with Crippen LogP contribution in [0.25, 0.3) is 0 Å². The zero-order valence-corrected chi connectivity index (χ0v) is 12.6. The Balaban J connectivity index is 1.68. The molecule has 0 aliphatic carbocycles. The fraction of sp³-hybridized carbons (Fsp3) is 0.333. The predicted octanol–water partition coefficient (Wildman–Crippen LogP) is 4.19. The van der Waals surface area contributed by atoms with Crippen molar-refractivity contribution >= 4 is 5.69 Å². The second-order valence-electron chi connectivity index (χ2n) is 5.61. The molecule has 1 aliphatic rings. The quantitative estimate of drug-likeness (QED) is 0.912. The lowest BCUT2D eigenvalue weighted by Gasteiger charge is -2.19. The standard InChI is InChI=1S/C18H21NO2/c1-13(2)15-4-3-5-16(11-15)19-12-14-6-7-17-18(10-14)21-9-8-20-17/h3-7,10-11,13,19H,8-9,12H2,1-2H3. The monoisotopic (exact) mass is 283 g/mol. The zero-order chi connectivity index (χ0) is 14.7. The van der Waals surface area contributed by atoms with Crippen molar-refractivity contribution in [2.24, 2.45) is 0 Å². The highest BCUT2D eigenvalue weighted by Crippen LogP contribution is 2.31. The van der Waals surface area contributed by atoms with Crippen LogP contribution in [0.5, 0.6) is 11.5 Å². The van der Waals surface area contributed by atoms with E-state index in [2.05, 4.69) is 49.5 Å². The molecule has 0 saturated carbocycles. The van der Waals surface area contributed by atoms with Gasteiger partial charge in [0.05, 0.1) is 0 Å². The Kier molecular flexibility index (Phi) is 4.00. The Labute approximate surface area is 125 Å². The van der Waals surface area contributed by atoms with Crippen molar-refractivity contribution in [2.45, 2.75) is 26.3 Å². The van der Waals surface area contributed by atoms with Crippen LogP contribution in [-0.2, 0) is 6.54 Å². The van der Waals surface area contributed by atoms with Gasteiger partial charge in [-0.15, -0.1) is 0 Å². The molecule has 3 heteroatoms. The largest absolute Gasteiger partial charge is 0.486 e. The van der Waals surface area contributed by atoms with Crippen molar-refractivity contribution < 1.29 is 9.47 Å². The number of ether oxygens (including phenoxy) is 2. The van der Waals surface area contributed by atoms with E-state index in [0.29, 0.717) is 19.1 Å². The van der Waals surface area contributed by atoms with Crippen LogP contribution in [0.15, 0.2) is 42.5 Å². The number of anilines is 1. The molecule has 0 aromatic heterocycles. The maximum absolute atomic E-state index is 5.61. The molecule has 110 valence electrons. The molecule has 2 aromatic rings. The zero-order valence-electron chi connectivity index (χ0n) is 12.6. The van der Waals surface area contributed by atoms with Crippen LogP contribution in [0.1, 0.15) is 30.9 Å². The lowest BCUT2D eigenvalue weighted by atomic mass is 10.0. The minimum Gasteiger partial charge on any atom is -0.486 e. The highest BCUT2D eigenvalue weighted by atomic mass is 16.6. The van der Waals surface area contributed by atoms with E-state index in [-0.39, 0.29) is 0 Å². The predicted molar refractivity (Wildman–Crippen MR) is 85.3 cm³/mol. The lowest BCUT2D eigenvalue weighted by molar-refractivity contribution is 0.171. The van der Waals surface area contributed by atoms with Gasteiger partial charge in [-0.3, -0.25) is 0 Å². The fourth-order valence-electron chi connectivity index (χ4n) is 2.41. The van der Waals surface area contributed by atoms with Crippen LogP contribution in [-0.4, -0.2) is 13.2 Å². The van der Waals surface area contributed by atoms with E-state index in [1.807, 2.05) is 12.1 Å². The summed E-state index contributed by atoms with van der Waals surface area (Å²) in [4.78, 5) is 0. The average Bonchev–Trinajstić information content (AvgIpc) is 2.53. The average molecular weight is 283 g/mol. The van der Waals surface area contributed by atoms with Crippen molar-refractivity contribution in [3.63, 3.8) is 0 Å². The van der Waals surface area contributed by atoms with Crippen molar-refractivity contribution in [1.29, 1.82) is 0 Å². The van der Waals surface area contributed by atoms with Gasteiger partial charge in [0.25, 0.3) is 0 Å². The minimum atomic E-state index is 0.543. The Hall–Kier alpha value is -2.16. The number of nitrogens with one attached hydrogen (secondary N) is 1. The summed E-state index contributed by atoms with van der Waals surface area (Å²) in [6.07, 6.45) is 0. The van der Waals surface area contributed by atoms with Crippen LogP contribution < -0.4 is 14.8 Å². The van der Waals surface area contributed by atoms with Gasteiger partial charge in [-0.2, -0.15) is 0 Å². The van der Waals surface area contributed by atoms with Crippen LogP contribution in [0.2, 0.25) is 0 Å². The van der Waals surface area contributed by atoms with E-state index >= 15 is 0 Å². The summed E-state index contributed by atoms with van der Waals surface area (Å²) >= 11 is 0. The Bertz CT molecular complexity index is 622. The molecule has 0 amide bonds. The first-order chi connectivity index (χ1) is 10.2. The molecule has 0 fully saturated rings. The summed E-state index contributed by atoms with van der Waals surface area (Å²) in [5, 5.41) is 3.47. The summed E-state index contributed by atoms with van der Waals surface area (Å²) in [5.74, 6) is 2.23. The second kappa shape index (κ2) is 6.08. The number of fused-ring (bicyclic) bond motifs is 1. The molecule has 3 nitrogen and oxygen atoms in total. The third-order valence-corrected chi connectivity index (χ3v) is 3.66. The van der Waals surface area contributed by atoms with Gasteiger partial charge < -0.3 is 14.8 Å². The number of rotatable bonds is 4. The molecule has 0 saturated heterocycles. The summed E-state index contributed by atoms with van der Waals surface area (Å²) in [6, 6.07) is 14.7. The number of hydrogen-bond acceptors (Lipinski definition) is 3. The number of benzene rings is 2. The van der Waals surface area contributed by atoms with Gasteiger partial charge in [-0.25, -0.2) is 0 Å². The molecule has 1 aliphatic heterocycles. The second-order valence-corrected chi connectivity index (χ2v) is 5.61. The van der Waals surface area contributed by atoms with Crippen molar-refractivity contribution in [3.05, 3.63) is 53.6 Å². The van der Waals surface area contributed by atoms with E-state index < -0.39 is 0 Å². The van der Waals surface area contributed by atoms with Crippen LogP contribution in [0, 0.1) is 0 Å². The molecule has 0 radical (unpaired) electrons. The minimum absolute atomic E-state index is 0.543. The van der Waals surface area contributed by atoms with Gasteiger partial charge in [-0.1, -0.05) is 32.0 Å². The van der Waals surface area contributed by atoms with E-state index in [1.54, 1.807) is 0 Å². The molecule has 2 aromatic carbocycles. The Morgan fingerprint density at radius 1 is 1.00 bits per heavy atom. The maximum Gasteiger partial charge on any atom is 0.161 e. The molecular formula is C18H21NO2. The van der Waals surface area contributed by atoms with E-state index in [9.17, 15) is 0 Å². The highest BCUT2D eigenvalue weighted by Gasteiger charge is 2.11. The summed E-state index contributed by atoms with van der Waals surface area (Å²) in [5.41, 5.74) is 3.69. The topological polar surface area (TPSA) is 30.5 Å². The van der Waals surface area contributed by atoms with Crippen molar-refractivity contribution in [1.82, 2.24) is 0 Å². The lowest BCUT2D eigenvalue weighted by Crippen LogP contribution is -2.15. The first-order valence-corrected chi connectivity index (χ1v) is 7.45. The molecule has 0 unspecified atom stereocenters. The third kappa shape index (κ3) is 3.30. The SMILES string of the molecule is CC(C)c1cccc(NCc2ccc3c(c2)OCCO3)c1. The van der Waals surface area contributed by atoms with Gasteiger partial charge >= 0.3 is 0 Å². The summed E-state index contributed by atoms with van der Waals surface area (Å²) < 4.78 is 11.2. The van der Waals surface area contributed by atoms with Gasteiger partial charge in [-0.05, 0) is 41.3 Å². The van der Waals surface area contributed by atoms with Crippen molar-refractivity contribution in [3.8, 4) is 11.5 Å². The molecule has 3 rings (SSSR count). The van der Waals surface area contributed by atoms with Crippen LogP contribution >= 0.6 is 0 Å². The summed E-state index contributed by atoms with van der Waals surface area (Å²) in [7, 11) is 0. The van der Waals surface area contributed by atoms with Gasteiger partial charge in [0.1, 0.15) is 13.2 Å². The van der Waals surface area contributed by atoms with Gasteiger partial charge in [0.2, 0.25) is 0 Å². The first-order valence-electron chi connectivity index (χ1n) is 7.45. The smallest absolute Gasteiger partial charge is 0.161 e. The van der Waals surface area contributed by atoms with E-state index in [4.69, 9.17) is 9.47 Å². The fourth-order valence-corrected chi connectivity index (χ4v) is 2.41. The molecule has 0 atom stereocenters. The molecule has 1 heterocycles. The molecule has 1 N–H and O–H groups in total. The van der Waals surface area contributed by atoms with Crippen molar-refractivity contribution in [2.75, 3.05) is 18.5 Å².